The van der Waals surface area contributed by atoms with Crippen LogP contribution in [0.5, 0.6) is 5.75 Å². The predicted octanol–water partition coefficient (Wildman–Crippen LogP) is 8.58. The molecule has 1 aromatic heterocycles. The fourth-order valence-electron chi connectivity index (χ4n) is 6.72. The summed E-state index contributed by atoms with van der Waals surface area (Å²) >= 11 is 5.94. The second kappa shape index (κ2) is 12.4. The van der Waals surface area contributed by atoms with E-state index in [1.165, 1.54) is 18.2 Å². The summed E-state index contributed by atoms with van der Waals surface area (Å²) in [6, 6.07) is 15.2. The second-order valence-corrected chi connectivity index (χ2v) is 13.1. The van der Waals surface area contributed by atoms with Crippen LogP contribution in [0.2, 0.25) is 5.02 Å². The van der Waals surface area contributed by atoms with Crippen LogP contribution in [0.3, 0.4) is 0 Å². The highest BCUT2D eigenvalue weighted by molar-refractivity contribution is 6.30. The fourth-order valence-corrected chi connectivity index (χ4v) is 6.88. The van der Waals surface area contributed by atoms with Crippen molar-refractivity contribution >= 4 is 34.4 Å². The third kappa shape index (κ3) is 5.91. The maximum Gasteiger partial charge on any atom is 0.338 e. The summed E-state index contributed by atoms with van der Waals surface area (Å²) in [5.41, 5.74) is 3.17. The number of fused-ring (bicyclic) bond motifs is 2. The first-order valence-electron chi connectivity index (χ1n) is 15.8. The number of esters is 1. The van der Waals surface area contributed by atoms with E-state index >= 15 is 4.39 Å². The van der Waals surface area contributed by atoms with Crippen LogP contribution in [0.15, 0.2) is 60.7 Å². The number of hydrogen-bond donors (Lipinski definition) is 0. The number of carbonyl (C=O) groups excluding carboxylic acids is 1. The van der Waals surface area contributed by atoms with E-state index in [4.69, 9.17) is 26.1 Å². The van der Waals surface area contributed by atoms with Crippen LogP contribution in [0, 0.1) is 11.2 Å². The fraction of sp³-hybridized carbons (Fsp3) is 0.389. The monoisotopic (exact) mass is 649 g/mol. The van der Waals surface area contributed by atoms with Crippen LogP contribution in [0.4, 0.5) is 13.2 Å². The first-order chi connectivity index (χ1) is 22.3. The highest BCUT2D eigenvalue weighted by atomic mass is 35.5. The molecule has 1 atom stereocenters. The van der Waals surface area contributed by atoms with Gasteiger partial charge in [-0.1, -0.05) is 29.8 Å². The first-order valence-corrected chi connectivity index (χ1v) is 16.2. The predicted molar refractivity (Wildman–Crippen MR) is 171 cm³/mol. The van der Waals surface area contributed by atoms with Crippen molar-refractivity contribution in [2.24, 2.45) is 5.41 Å². The third-order valence-electron chi connectivity index (χ3n) is 9.58. The Bertz CT molecular complexity index is 1830. The number of benzene rings is 3. The Labute approximate surface area is 270 Å². The van der Waals surface area contributed by atoms with E-state index in [9.17, 15) is 13.6 Å². The number of ether oxygens (including phenoxy) is 2. The van der Waals surface area contributed by atoms with Crippen molar-refractivity contribution in [1.82, 2.24) is 14.5 Å². The number of para-hydroxylation sites is 1. The van der Waals surface area contributed by atoms with E-state index < -0.39 is 17.7 Å². The van der Waals surface area contributed by atoms with Gasteiger partial charge in [-0.05, 0) is 99.7 Å². The lowest BCUT2D eigenvalue weighted by molar-refractivity contribution is 0.0526. The quantitative estimate of drug-likeness (QED) is 0.170. The van der Waals surface area contributed by atoms with Gasteiger partial charge in [0, 0.05) is 22.5 Å². The smallest absolute Gasteiger partial charge is 0.338 e. The molecule has 10 heteroatoms. The standard InChI is InChI=1S/C36H35ClF3N3O3/c1-2-45-35(44)23-6-9-30-31(16-23)43(21-36(20-38)12-13-36)33(41-30)19-42-14-10-22(11-15-42)25-4-3-5-27-29(40)18-32(46-34(25)27)26-8-7-24(37)17-28(26)39/h3-9,16-18,22,32H,2,10-15,19-21H2,1H3. The van der Waals surface area contributed by atoms with Crippen molar-refractivity contribution in [2.75, 3.05) is 26.4 Å². The Morgan fingerprint density at radius 2 is 1.89 bits per heavy atom. The zero-order chi connectivity index (χ0) is 32.0. The van der Waals surface area contributed by atoms with Gasteiger partial charge in [0.05, 0.1) is 42.0 Å². The van der Waals surface area contributed by atoms with Gasteiger partial charge in [0.15, 0.2) is 0 Å². The van der Waals surface area contributed by atoms with Crippen molar-refractivity contribution < 1.29 is 27.4 Å². The first kappa shape index (κ1) is 30.8. The molecule has 0 radical (unpaired) electrons. The summed E-state index contributed by atoms with van der Waals surface area (Å²) in [5, 5.41) is 0.265. The highest BCUT2D eigenvalue weighted by Gasteiger charge is 2.44. The Morgan fingerprint density at radius 3 is 2.61 bits per heavy atom. The topological polar surface area (TPSA) is 56.6 Å². The van der Waals surface area contributed by atoms with Crippen LogP contribution >= 0.6 is 11.6 Å². The minimum absolute atomic E-state index is 0.125. The zero-order valence-electron chi connectivity index (χ0n) is 25.6. The number of imidazole rings is 1. The van der Waals surface area contributed by atoms with Gasteiger partial charge in [-0.15, -0.1) is 0 Å². The minimum atomic E-state index is -0.901. The lowest BCUT2D eigenvalue weighted by Crippen LogP contribution is -2.34. The van der Waals surface area contributed by atoms with Crippen LogP contribution in [0.25, 0.3) is 16.9 Å². The van der Waals surface area contributed by atoms with Gasteiger partial charge in [0.2, 0.25) is 0 Å². The minimum Gasteiger partial charge on any atom is -0.480 e. The van der Waals surface area contributed by atoms with E-state index in [2.05, 4.69) is 9.47 Å². The molecule has 6 nitrogen and oxygen atoms in total. The Balaban J connectivity index is 1.10. The molecule has 46 heavy (non-hydrogen) atoms. The van der Waals surface area contributed by atoms with Gasteiger partial charge >= 0.3 is 5.97 Å². The van der Waals surface area contributed by atoms with Crippen LogP contribution in [-0.4, -0.2) is 46.8 Å². The summed E-state index contributed by atoms with van der Waals surface area (Å²) in [5.74, 6) is 0.0549. The van der Waals surface area contributed by atoms with Crippen molar-refractivity contribution in [2.45, 2.75) is 57.7 Å². The number of carbonyl (C=O) groups is 1. The molecule has 2 fully saturated rings. The highest BCUT2D eigenvalue weighted by Crippen LogP contribution is 2.48. The van der Waals surface area contributed by atoms with Crippen molar-refractivity contribution in [3.05, 3.63) is 99.6 Å². The number of hydrogen-bond acceptors (Lipinski definition) is 5. The summed E-state index contributed by atoms with van der Waals surface area (Å²) in [7, 11) is 0. The summed E-state index contributed by atoms with van der Waals surface area (Å²) < 4.78 is 57.7. The van der Waals surface area contributed by atoms with E-state index in [1.807, 2.05) is 18.2 Å². The molecule has 1 unspecified atom stereocenters. The number of aromatic nitrogens is 2. The molecule has 0 amide bonds. The van der Waals surface area contributed by atoms with Crippen LogP contribution in [-0.2, 0) is 17.8 Å². The van der Waals surface area contributed by atoms with E-state index in [-0.39, 0.29) is 41.2 Å². The number of rotatable bonds is 9. The second-order valence-electron chi connectivity index (χ2n) is 12.7. The lowest BCUT2D eigenvalue weighted by atomic mass is 9.86. The molecule has 1 saturated heterocycles. The maximum absolute atomic E-state index is 15.3. The van der Waals surface area contributed by atoms with E-state index in [0.29, 0.717) is 30.0 Å². The summed E-state index contributed by atoms with van der Waals surface area (Å²) in [4.78, 5) is 19.7. The normalized spacial score (nSPS) is 19.4. The molecular formula is C36H35ClF3N3O3. The molecule has 240 valence electrons. The zero-order valence-corrected chi connectivity index (χ0v) is 26.3. The average Bonchev–Trinajstić information content (AvgIpc) is 3.76. The number of piperidine rings is 1. The molecule has 3 heterocycles. The largest absolute Gasteiger partial charge is 0.480 e. The molecular weight excluding hydrogens is 615 g/mol. The van der Waals surface area contributed by atoms with Crippen molar-refractivity contribution in [3.8, 4) is 5.75 Å². The molecule has 0 spiro atoms. The van der Waals surface area contributed by atoms with E-state index in [1.54, 1.807) is 31.2 Å². The Kier molecular flexibility index (Phi) is 8.32. The van der Waals surface area contributed by atoms with Crippen LogP contribution < -0.4 is 4.74 Å². The van der Waals surface area contributed by atoms with Gasteiger partial charge in [-0.3, -0.25) is 9.29 Å². The lowest BCUT2D eigenvalue weighted by Gasteiger charge is -2.34. The maximum atomic E-state index is 15.3. The molecule has 1 saturated carbocycles. The van der Waals surface area contributed by atoms with E-state index in [0.717, 1.165) is 61.2 Å². The molecule has 7 rings (SSSR count). The van der Waals surface area contributed by atoms with Gasteiger partial charge in [0.1, 0.15) is 29.3 Å². The Morgan fingerprint density at radius 1 is 1.09 bits per heavy atom. The SMILES string of the molecule is CCOC(=O)c1ccc2nc(CN3CCC(c4cccc5c4OC(c4ccc(Cl)cc4F)C=C5F)CC3)n(CC3(CF)CC3)c2c1. The number of nitrogens with zero attached hydrogens (tertiary/aromatic N) is 3. The van der Waals surface area contributed by atoms with Crippen LogP contribution in [0.1, 0.15) is 77.5 Å². The molecule has 1 aliphatic carbocycles. The van der Waals surface area contributed by atoms with Gasteiger partial charge in [-0.25, -0.2) is 18.6 Å². The molecule has 3 aromatic carbocycles. The molecule has 4 aromatic rings. The third-order valence-corrected chi connectivity index (χ3v) is 9.81. The van der Waals surface area contributed by atoms with Gasteiger partial charge in [-0.2, -0.15) is 0 Å². The molecule has 3 aliphatic rings. The molecule has 2 aliphatic heterocycles. The average molecular weight is 650 g/mol. The summed E-state index contributed by atoms with van der Waals surface area (Å²) in [6.45, 7) is 4.31. The summed E-state index contributed by atoms with van der Waals surface area (Å²) in [6.07, 6.45) is 3.69. The Hall–Kier alpha value is -3.82. The molecule has 0 N–H and O–H groups in total. The van der Waals surface area contributed by atoms with Gasteiger partial charge in [0.25, 0.3) is 0 Å². The van der Waals surface area contributed by atoms with Gasteiger partial charge < -0.3 is 14.0 Å². The van der Waals surface area contributed by atoms with Crippen molar-refractivity contribution in [3.63, 3.8) is 0 Å². The van der Waals surface area contributed by atoms with Crippen molar-refractivity contribution in [1.29, 1.82) is 0 Å². The number of alkyl halides is 1. The number of halogens is 4. The number of likely N-dealkylation sites (tertiary alicyclic amines) is 1. The molecule has 0 bridgehead atoms.